The zero-order valence-corrected chi connectivity index (χ0v) is 8.54. The Bertz CT molecular complexity index is 232. The quantitative estimate of drug-likeness (QED) is 0.435. The maximum atomic E-state index is 5.60. The fraction of sp³-hybridized carbons (Fsp3) is 0.667. The van der Waals surface area contributed by atoms with E-state index in [1.54, 1.807) is 7.05 Å². The Morgan fingerprint density at radius 3 is 3.00 bits per heavy atom. The summed E-state index contributed by atoms with van der Waals surface area (Å²) in [5, 5.41) is 3.32. The molecule has 13 heavy (non-hydrogen) atoms. The average molecular weight is 182 g/mol. The highest BCUT2D eigenvalue weighted by atomic mass is 15.2. The fourth-order valence-corrected chi connectivity index (χ4v) is 1.25. The molecule has 1 fully saturated rings. The monoisotopic (exact) mass is 182 g/mol. The molecule has 1 heterocycles. The minimum absolute atomic E-state index is 0.574. The van der Waals surface area contributed by atoms with E-state index in [0.29, 0.717) is 11.9 Å². The topological polar surface area (TPSA) is 53.6 Å². The molecule has 0 saturated carbocycles. The summed E-state index contributed by atoms with van der Waals surface area (Å²) < 4.78 is 0. The standard InChI is InChI=1S/C9H18N4/c1-7-5-12-8(6-13(7)3)4-9(10)11-2/h4,7,12H,5-6H2,1-3H3,(H2,10,11)/b8-4-. The molecule has 1 aliphatic heterocycles. The number of piperazine rings is 1. The molecular formula is C9H18N4. The molecule has 4 nitrogen and oxygen atoms in total. The van der Waals surface area contributed by atoms with Gasteiger partial charge < -0.3 is 11.1 Å². The highest BCUT2D eigenvalue weighted by Crippen LogP contribution is 2.05. The molecule has 4 heteroatoms. The van der Waals surface area contributed by atoms with Crippen LogP contribution in [0, 0.1) is 0 Å². The van der Waals surface area contributed by atoms with Crippen molar-refractivity contribution in [1.82, 2.24) is 10.2 Å². The van der Waals surface area contributed by atoms with Crippen molar-refractivity contribution in [2.24, 2.45) is 10.7 Å². The summed E-state index contributed by atoms with van der Waals surface area (Å²) in [6.07, 6.45) is 1.89. The minimum atomic E-state index is 0.574. The lowest BCUT2D eigenvalue weighted by atomic mass is 10.2. The van der Waals surface area contributed by atoms with E-state index in [1.807, 2.05) is 6.08 Å². The number of nitrogens with zero attached hydrogens (tertiary/aromatic N) is 2. The van der Waals surface area contributed by atoms with Crippen molar-refractivity contribution in [2.45, 2.75) is 13.0 Å². The first-order valence-corrected chi connectivity index (χ1v) is 4.50. The van der Waals surface area contributed by atoms with Gasteiger partial charge >= 0.3 is 0 Å². The van der Waals surface area contributed by atoms with Gasteiger partial charge in [-0.05, 0) is 14.0 Å². The lowest BCUT2D eigenvalue weighted by Gasteiger charge is -2.32. The third-order valence-corrected chi connectivity index (χ3v) is 2.38. The number of nitrogens with one attached hydrogen (secondary N) is 1. The van der Waals surface area contributed by atoms with E-state index >= 15 is 0 Å². The Hall–Kier alpha value is -1.03. The van der Waals surface area contributed by atoms with E-state index < -0.39 is 0 Å². The van der Waals surface area contributed by atoms with Gasteiger partial charge in [0.25, 0.3) is 0 Å². The van der Waals surface area contributed by atoms with Gasteiger partial charge in [0, 0.05) is 38.0 Å². The van der Waals surface area contributed by atoms with Crippen molar-refractivity contribution in [3.8, 4) is 0 Å². The third kappa shape index (κ3) is 2.73. The Morgan fingerprint density at radius 1 is 1.77 bits per heavy atom. The van der Waals surface area contributed by atoms with Crippen molar-refractivity contribution in [3.63, 3.8) is 0 Å². The second kappa shape index (κ2) is 4.28. The Labute approximate surface area is 79.5 Å². The predicted octanol–water partition coefficient (Wildman–Crippen LogP) is -0.219. The lowest BCUT2D eigenvalue weighted by Crippen LogP contribution is -2.46. The van der Waals surface area contributed by atoms with Crippen LogP contribution >= 0.6 is 0 Å². The van der Waals surface area contributed by atoms with Crippen molar-refractivity contribution in [2.75, 3.05) is 27.2 Å². The summed E-state index contributed by atoms with van der Waals surface area (Å²) in [5.41, 5.74) is 6.74. The number of aliphatic imine (C=N–C) groups is 1. The molecule has 0 bridgehead atoms. The van der Waals surface area contributed by atoms with Crippen molar-refractivity contribution < 1.29 is 0 Å². The van der Waals surface area contributed by atoms with Crippen LogP contribution in [0.15, 0.2) is 16.8 Å². The van der Waals surface area contributed by atoms with Crippen LogP contribution in [-0.2, 0) is 0 Å². The van der Waals surface area contributed by atoms with Gasteiger partial charge in [0.15, 0.2) is 0 Å². The molecule has 1 saturated heterocycles. The number of nitrogens with two attached hydrogens (primary N) is 1. The number of rotatable bonds is 1. The van der Waals surface area contributed by atoms with Crippen LogP contribution in [0.25, 0.3) is 0 Å². The number of likely N-dealkylation sites (N-methyl/N-ethyl adjacent to an activating group) is 1. The zero-order valence-electron chi connectivity index (χ0n) is 8.54. The summed E-state index contributed by atoms with van der Waals surface area (Å²) in [7, 11) is 3.81. The van der Waals surface area contributed by atoms with E-state index in [4.69, 9.17) is 5.73 Å². The molecular weight excluding hydrogens is 164 g/mol. The van der Waals surface area contributed by atoms with Crippen LogP contribution in [-0.4, -0.2) is 44.0 Å². The van der Waals surface area contributed by atoms with Crippen LogP contribution in [0.1, 0.15) is 6.92 Å². The molecule has 0 radical (unpaired) electrons. The Balaban J connectivity index is 2.60. The average Bonchev–Trinajstić information content (AvgIpc) is 2.11. The maximum absolute atomic E-state index is 5.60. The molecule has 1 rings (SSSR count). The molecule has 74 valence electrons. The summed E-state index contributed by atoms with van der Waals surface area (Å²) in [6, 6.07) is 0.580. The van der Waals surface area contributed by atoms with Crippen molar-refractivity contribution in [1.29, 1.82) is 0 Å². The molecule has 0 aromatic rings. The van der Waals surface area contributed by atoms with Crippen LogP contribution in [0.4, 0.5) is 0 Å². The second-order valence-electron chi connectivity index (χ2n) is 3.46. The van der Waals surface area contributed by atoms with Crippen molar-refractivity contribution >= 4 is 5.84 Å². The highest BCUT2D eigenvalue weighted by Gasteiger charge is 2.16. The molecule has 1 atom stereocenters. The SMILES string of the molecule is CN=C(N)/C=C1/CN(C)C(C)CN1. The number of amidine groups is 1. The molecule has 1 aliphatic rings. The summed E-state index contributed by atoms with van der Waals surface area (Å²) in [4.78, 5) is 6.17. The molecule has 0 aromatic heterocycles. The van der Waals surface area contributed by atoms with Crippen molar-refractivity contribution in [3.05, 3.63) is 11.8 Å². The van der Waals surface area contributed by atoms with E-state index in [2.05, 4.69) is 29.2 Å². The van der Waals surface area contributed by atoms with E-state index in [9.17, 15) is 0 Å². The van der Waals surface area contributed by atoms with Gasteiger partial charge in [-0.1, -0.05) is 0 Å². The summed E-state index contributed by atoms with van der Waals surface area (Å²) in [5.74, 6) is 0.574. The fourth-order valence-electron chi connectivity index (χ4n) is 1.25. The first-order valence-electron chi connectivity index (χ1n) is 4.50. The molecule has 3 N–H and O–H groups in total. The first kappa shape index (κ1) is 10.1. The first-order chi connectivity index (χ1) is 6.13. The maximum Gasteiger partial charge on any atom is 0.119 e. The smallest absolute Gasteiger partial charge is 0.119 e. The van der Waals surface area contributed by atoms with Gasteiger partial charge in [0.05, 0.1) is 0 Å². The largest absolute Gasteiger partial charge is 0.386 e. The molecule has 0 aliphatic carbocycles. The minimum Gasteiger partial charge on any atom is -0.386 e. The zero-order chi connectivity index (χ0) is 9.84. The number of hydrogen-bond donors (Lipinski definition) is 2. The Kier molecular flexibility index (Phi) is 3.31. The highest BCUT2D eigenvalue weighted by molar-refractivity contribution is 5.91. The van der Waals surface area contributed by atoms with Crippen LogP contribution in [0.2, 0.25) is 0 Å². The van der Waals surface area contributed by atoms with Gasteiger partial charge in [0.2, 0.25) is 0 Å². The normalized spacial score (nSPS) is 29.0. The predicted molar refractivity (Wildman–Crippen MR) is 55.7 cm³/mol. The summed E-state index contributed by atoms with van der Waals surface area (Å²) in [6.45, 7) is 4.08. The lowest BCUT2D eigenvalue weighted by molar-refractivity contribution is 0.240. The van der Waals surface area contributed by atoms with Gasteiger partial charge in [-0.25, -0.2) is 0 Å². The molecule has 0 aromatic carbocycles. The third-order valence-electron chi connectivity index (χ3n) is 2.38. The molecule has 0 spiro atoms. The van der Waals surface area contributed by atoms with Gasteiger partial charge in [0.1, 0.15) is 5.84 Å². The van der Waals surface area contributed by atoms with Gasteiger partial charge in [-0.3, -0.25) is 9.89 Å². The second-order valence-corrected chi connectivity index (χ2v) is 3.46. The van der Waals surface area contributed by atoms with Gasteiger partial charge in [-0.2, -0.15) is 0 Å². The Morgan fingerprint density at radius 2 is 2.46 bits per heavy atom. The van der Waals surface area contributed by atoms with Crippen LogP contribution in [0.5, 0.6) is 0 Å². The summed E-state index contributed by atoms with van der Waals surface area (Å²) >= 11 is 0. The van der Waals surface area contributed by atoms with E-state index in [1.165, 1.54) is 0 Å². The van der Waals surface area contributed by atoms with E-state index in [-0.39, 0.29) is 0 Å². The molecule has 0 amide bonds. The molecule has 1 unspecified atom stereocenters. The number of hydrogen-bond acceptors (Lipinski definition) is 3. The van der Waals surface area contributed by atoms with E-state index in [0.717, 1.165) is 18.8 Å². The van der Waals surface area contributed by atoms with Crippen LogP contribution < -0.4 is 11.1 Å². The van der Waals surface area contributed by atoms with Gasteiger partial charge in [-0.15, -0.1) is 0 Å². The van der Waals surface area contributed by atoms with Crippen LogP contribution in [0.3, 0.4) is 0 Å².